The molecule has 2 aliphatic rings. The molecule has 1 fully saturated rings. The van der Waals surface area contributed by atoms with Crippen molar-refractivity contribution in [2.45, 2.75) is 31.6 Å². The molecule has 1 aromatic rings. The first kappa shape index (κ1) is 15.9. The van der Waals surface area contributed by atoms with Gasteiger partial charge < -0.3 is 10.2 Å². The Labute approximate surface area is 130 Å². The van der Waals surface area contributed by atoms with Crippen LogP contribution in [0.5, 0.6) is 0 Å². The molecule has 2 aliphatic heterocycles. The van der Waals surface area contributed by atoms with Gasteiger partial charge in [-0.3, -0.25) is 0 Å². The molecule has 2 nitrogen and oxygen atoms in total. The molecule has 0 bridgehead atoms. The van der Waals surface area contributed by atoms with Crippen molar-refractivity contribution in [2.75, 3.05) is 18.0 Å². The number of alkyl halides is 3. The number of anilines is 1. The third kappa shape index (κ3) is 2.53. The van der Waals surface area contributed by atoms with Gasteiger partial charge in [0.15, 0.2) is 0 Å². The number of rotatable bonds is 0. The van der Waals surface area contributed by atoms with Crippen LogP contribution in [0, 0.1) is 0 Å². The Hall–Kier alpha value is -0.460. The molecule has 20 heavy (non-hydrogen) atoms. The third-order valence-electron chi connectivity index (χ3n) is 3.90. The van der Waals surface area contributed by atoms with E-state index < -0.39 is 11.7 Å². The summed E-state index contributed by atoms with van der Waals surface area (Å²) in [7, 11) is 0. The molecule has 0 saturated carbocycles. The molecule has 0 aliphatic carbocycles. The number of piperazine rings is 1. The number of benzene rings is 1. The molecule has 0 radical (unpaired) electrons. The van der Waals surface area contributed by atoms with Gasteiger partial charge in [0.1, 0.15) is 0 Å². The van der Waals surface area contributed by atoms with Crippen molar-refractivity contribution in [1.82, 2.24) is 5.32 Å². The van der Waals surface area contributed by atoms with Gasteiger partial charge in [-0.15, -0.1) is 12.4 Å². The predicted molar refractivity (Wildman–Crippen MR) is 78.7 cm³/mol. The molecule has 0 spiro atoms. The lowest BCUT2D eigenvalue weighted by molar-refractivity contribution is -0.138. The minimum atomic E-state index is -4.32. The summed E-state index contributed by atoms with van der Waals surface area (Å²) in [6.07, 6.45) is -3.51. The third-order valence-corrected chi connectivity index (χ3v) is 4.55. The average Bonchev–Trinajstić information content (AvgIpc) is 2.64. The van der Waals surface area contributed by atoms with Crippen LogP contribution in [0.4, 0.5) is 18.9 Å². The second-order valence-electron chi connectivity index (χ2n) is 5.23. The van der Waals surface area contributed by atoms with E-state index in [2.05, 4.69) is 26.1 Å². The molecule has 1 unspecified atom stereocenters. The van der Waals surface area contributed by atoms with Gasteiger partial charge in [0.05, 0.1) is 5.56 Å². The van der Waals surface area contributed by atoms with E-state index in [0.29, 0.717) is 0 Å². The summed E-state index contributed by atoms with van der Waals surface area (Å²) in [5.74, 6) is 0. The Kier molecular flexibility index (Phi) is 4.29. The van der Waals surface area contributed by atoms with Gasteiger partial charge in [-0.1, -0.05) is 15.9 Å². The topological polar surface area (TPSA) is 15.3 Å². The van der Waals surface area contributed by atoms with Crippen molar-refractivity contribution in [3.8, 4) is 0 Å². The van der Waals surface area contributed by atoms with Crippen LogP contribution in [0.25, 0.3) is 0 Å². The van der Waals surface area contributed by atoms with Crippen LogP contribution in [-0.2, 0) is 12.6 Å². The van der Waals surface area contributed by atoms with Crippen molar-refractivity contribution < 1.29 is 13.2 Å². The maximum Gasteiger partial charge on any atom is 0.417 e. The molecule has 7 heteroatoms. The normalized spacial score (nSPS) is 24.9. The van der Waals surface area contributed by atoms with E-state index in [1.54, 1.807) is 6.07 Å². The van der Waals surface area contributed by atoms with E-state index in [1.807, 2.05) is 6.92 Å². The minimum Gasteiger partial charge on any atom is -0.363 e. The smallest absolute Gasteiger partial charge is 0.363 e. The molecular weight excluding hydrogens is 357 g/mol. The zero-order chi connectivity index (χ0) is 13.8. The van der Waals surface area contributed by atoms with Gasteiger partial charge >= 0.3 is 6.18 Å². The largest absolute Gasteiger partial charge is 0.417 e. The highest BCUT2D eigenvalue weighted by Crippen LogP contribution is 2.43. The van der Waals surface area contributed by atoms with Crippen LogP contribution >= 0.6 is 28.3 Å². The summed E-state index contributed by atoms with van der Waals surface area (Å²) in [6.45, 7) is 3.69. The molecule has 112 valence electrons. The summed E-state index contributed by atoms with van der Waals surface area (Å²) in [5.41, 5.74) is 1.16. The molecule has 2 atom stereocenters. The molecule has 0 aromatic heterocycles. The van der Waals surface area contributed by atoms with Gasteiger partial charge in [0.2, 0.25) is 0 Å². The molecule has 3 rings (SSSR count). The molecule has 2 heterocycles. The van der Waals surface area contributed by atoms with Crippen molar-refractivity contribution in [3.63, 3.8) is 0 Å². The minimum absolute atomic E-state index is 0. The number of hydrogen-bond donors (Lipinski definition) is 1. The Morgan fingerprint density at radius 2 is 2.00 bits per heavy atom. The Balaban J connectivity index is 0.00000147. The number of nitrogens with zero attached hydrogens (tertiary/aromatic N) is 1. The van der Waals surface area contributed by atoms with Gasteiger partial charge in [-0.2, -0.15) is 13.2 Å². The highest BCUT2D eigenvalue weighted by atomic mass is 79.9. The van der Waals surface area contributed by atoms with E-state index in [-0.39, 0.29) is 29.0 Å². The average molecular weight is 372 g/mol. The van der Waals surface area contributed by atoms with Gasteiger partial charge in [-0.05, 0) is 31.0 Å². The SMILES string of the molecule is CC1CNC[C@@H]2Cc3cc(Br)c(C(F)(F)F)cc3N12.Cl. The van der Waals surface area contributed by atoms with Crippen LogP contribution < -0.4 is 10.2 Å². The van der Waals surface area contributed by atoms with Crippen molar-refractivity contribution >= 4 is 34.0 Å². The monoisotopic (exact) mass is 370 g/mol. The molecule has 1 N–H and O–H groups in total. The van der Waals surface area contributed by atoms with Crippen molar-refractivity contribution in [1.29, 1.82) is 0 Å². The fourth-order valence-electron chi connectivity index (χ4n) is 3.10. The molecule has 1 aromatic carbocycles. The number of fused-ring (bicyclic) bond motifs is 3. The summed E-state index contributed by atoms with van der Waals surface area (Å²) in [4.78, 5) is 2.13. The number of hydrogen-bond acceptors (Lipinski definition) is 2. The maximum absolute atomic E-state index is 13.0. The standard InChI is InChI=1S/C13H14BrF3N2.ClH/c1-7-5-18-6-9-2-8-3-11(14)10(13(15,16)17)4-12(8)19(7)9;/h3-4,7,9,18H,2,5-6H2,1H3;1H/t7?,9-;/m0./s1. The first-order chi connectivity index (χ1) is 8.88. The Morgan fingerprint density at radius 3 is 2.65 bits per heavy atom. The highest BCUT2D eigenvalue weighted by Gasteiger charge is 2.39. The summed E-state index contributed by atoms with van der Waals surface area (Å²) in [6, 6.07) is 3.42. The lowest BCUT2D eigenvalue weighted by atomic mass is 10.1. The zero-order valence-electron chi connectivity index (χ0n) is 10.8. The summed E-state index contributed by atoms with van der Waals surface area (Å²) >= 11 is 3.05. The van der Waals surface area contributed by atoms with E-state index in [9.17, 15) is 13.2 Å². The first-order valence-electron chi connectivity index (χ1n) is 6.26. The van der Waals surface area contributed by atoms with Crippen LogP contribution in [0.1, 0.15) is 18.1 Å². The van der Waals surface area contributed by atoms with Crippen molar-refractivity contribution in [2.24, 2.45) is 0 Å². The second-order valence-corrected chi connectivity index (χ2v) is 6.09. The quantitative estimate of drug-likeness (QED) is 0.749. The molecular formula is C13H15BrClF3N2. The second kappa shape index (κ2) is 5.39. The lowest BCUT2D eigenvalue weighted by Gasteiger charge is -2.38. The summed E-state index contributed by atoms with van der Waals surface area (Å²) < 4.78 is 39.1. The number of nitrogens with one attached hydrogen (secondary N) is 1. The Bertz CT molecular complexity index is 521. The highest BCUT2D eigenvalue weighted by molar-refractivity contribution is 9.10. The van der Waals surface area contributed by atoms with E-state index >= 15 is 0 Å². The summed E-state index contributed by atoms with van der Waals surface area (Å²) in [5, 5.41) is 3.32. The van der Waals surface area contributed by atoms with Crippen LogP contribution in [0.2, 0.25) is 0 Å². The zero-order valence-corrected chi connectivity index (χ0v) is 13.2. The molecule has 0 amide bonds. The van der Waals surface area contributed by atoms with Crippen LogP contribution in [-0.4, -0.2) is 25.2 Å². The van der Waals surface area contributed by atoms with E-state index in [4.69, 9.17) is 0 Å². The predicted octanol–water partition coefficient (Wildman–Crippen LogP) is 3.61. The molecule has 1 saturated heterocycles. The maximum atomic E-state index is 13.0. The lowest BCUT2D eigenvalue weighted by Crippen LogP contribution is -2.54. The first-order valence-corrected chi connectivity index (χ1v) is 7.06. The fraction of sp³-hybridized carbons (Fsp3) is 0.538. The van der Waals surface area contributed by atoms with Crippen LogP contribution in [0.15, 0.2) is 16.6 Å². The van der Waals surface area contributed by atoms with E-state index in [0.717, 1.165) is 30.8 Å². The van der Waals surface area contributed by atoms with Crippen LogP contribution in [0.3, 0.4) is 0 Å². The van der Waals surface area contributed by atoms with Gasteiger partial charge in [0, 0.05) is 35.3 Å². The van der Waals surface area contributed by atoms with Crippen molar-refractivity contribution in [3.05, 3.63) is 27.7 Å². The van der Waals surface area contributed by atoms with Gasteiger partial charge in [0.25, 0.3) is 0 Å². The fourth-order valence-corrected chi connectivity index (χ4v) is 3.71. The Morgan fingerprint density at radius 1 is 1.30 bits per heavy atom. The number of halogens is 5. The van der Waals surface area contributed by atoms with E-state index in [1.165, 1.54) is 6.07 Å². The van der Waals surface area contributed by atoms with Gasteiger partial charge in [-0.25, -0.2) is 0 Å².